The summed E-state index contributed by atoms with van der Waals surface area (Å²) in [5, 5.41) is 69.0. The van der Waals surface area contributed by atoms with Crippen molar-refractivity contribution in [2.45, 2.75) is 43.2 Å². The van der Waals surface area contributed by atoms with Crippen LogP contribution in [0.15, 0.2) is 30.3 Å². The fraction of sp³-hybridized carbons (Fsp3) is 0.400. The summed E-state index contributed by atoms with van der Waals surface area (Å²) in [4.78, 5) is 0. The van der Waals surface area contributed by atoms with Gasteiger partial charge in [0.25, 0.3) is 0 Å². The quantitative estimate of drug-likeness (QED) is 0.324. The summed E-state index contributed by atoms with van der Waals surface area (Å²) in [5.74, 6) is -0.598. The standard InChI is InChI=1S/C20H22O10/c21-7-16-17(26)18(27)20(30-16)28-9-4-12(23)10-6-14(25)19(29-15(10)5-9)8-1-2-11(22)13(24)3-8/h1-5,14,16-27H,6-7H2/t14-,16-,17-,18+,19+,20+/m0/s1. The zero-order valence-corrected chi connectivity index (χ0v) is 15.6. The van der Waals surface area contributed by atoms with Crippen molar-refractivity contribution in [2.75, 3.05) is 6.61 Å². The molecule has 4 rings (SSSR count). The molecule has 2 aliphatic heterocycles. The highest BCUT2D eigenvalue weighted by atomic mass is 16.7. The van der Waals surface area contributed by atoms with Crippen LogP contribution in [0.4, 0.5) is 0 Å². The average Bonchev–Trinajstić information content (AvgIpc) is 2.98. The second kappa shape index (κ2) is 7.82. The number of fused-ring (bicyclic) bond motifs is 1. The Morgan fingerprint density at radius 3 is 2.37 bits per heavy atom. The highest BCUT2D eigenvalue weighted by Gasteiger charge is 2.44. The van der Waals surface area contributed by atoms with E-state index in [0.29, 0.717) is 11.1 Å². The molecule has 10 nitrogen and oxygen atoms in total. The monoisotopic (exact) mass is 422 g/mol. The van der Waals surface area contributed by atoms with Crippen molar-refractivity contribution in [3.63, 3.8) is 0 Å². The van der Waals surface area contributed by atoms with E-state index < -0.39 is 43.4 Å². The molecule has 0 bridgehead atoms. The van der Waals surface area contributed by atoms with Crippen LogP contribution in [-0.4, -0.2) is 73.1 Å². The van der Waals surface area contributed by atoms with Gasteiger partial charge in [0.2, 0.25) is 6.29 Å². The van der Waals surface area contributed by atoms with Gasteiger partial charge in [-0.05, 0) is 17.7 Å². The Labute approximate surface area is 170 Å². The minimum atomic E-state index is -1.41. The number of phenols is 3. The fourth-order valence-corrected chi connectivity index (χ4v) is 3.62. The maximum atomic E-state index is 10.5. The molecule has 7 N–H and O–H groups in total. The first-order valence-electron chi connectivity index (χ1n) is 9.30. The smallest absolute Gasteiger partial charge is 0.229 e. The number of phenolic OH excluding ortho intramolecular Hbond substituents is 3. The summed E-state index contributed by atoms with van der Waals surface area (Å²) in [6.45, 7) is -0.504. The largest absolute Gasteiger partial charge is 0.507 e. The Kier molecular flexibility index (Phi) is 5.35. The zero-order valence-electron chi connectivity index (χ0n) is 15.6. The van der Waals surface area contributed by atoms with Gasteiger partial charge in [-0.3, -0.25) is 0 Å². The normalized spacial score (nSPS) is 30.5. The van der Waals surface area contributed by atoms with E-state index in [9.17, 15) is 35.7 Å². The highest BCUT2D eigenvalue weighted by Crippen LogP contribution is 2.43. The van der Waals surface area contributed by atoms with Crippen molar-refractivity contribution in [1.29, 1.82) is 0 Å². The highest BCUT2D eigenvalue weighted by molar-refractivity contribution is 5.52. The Balaban J connectivity index is 1.59. The minimum Gasteiger partial charge on any atom is -0.507 e. The van der Waals surface area contributed by atoms with Crippen LogP contribution >= 0.6 is 0 Å². The van der Waals surface area contributed by atoms with Gasteiger partial charge in [-0.25, -0.2) is 0 Å². The molecule has 6 atom stereocenters. The number of aromatic hydroxyl groups is 3. The molecule has 0 aliphatic carbocycles. The zero-order chi connectivity index (χ0) is 21.6. The van der Waals surface area contributed by atoms with Gasteiger partial charge in [0.1, 0.15) is 41.7 Å². The van der Waals surface area contributed by atoms with Crippen molar-refractivity contribution in [1.82, 2.24) is 0 Å². The lowest BCUT2D eigenvalue weighted by molar-refractivity contribution is -0.116. The first-order chi connectivity index (χ1) is 14.3. The molecule has 2 aliphatic rings. The van der Waals surface area contributed by atoms with Crippen LogP contribution in [-0.2, 0) is 11.2 Å². The molecule has 0 spiro atoms. The van der Waals surface area contributed by atoms with Gasteiger partial charge in [-0.1, -0.05) is 6.07 Å². The number of hydrogen-bond donors (Lipinski definition) is 7. The maximum absolute atomic E-state index is 10.5. The predicted octanol–water partition coefficient (Wildman–Crippen LogP) is -0.342. The molecule has 1 fully saturated rings. The van der Waals surface area contributed by atoms with Gasteiger partial charge in [0.05, 0.1) is 12.7 Å². The molecule has 2 aromatic carbocycles. The van der Waals surface area contributed by atoms with Crippen molar-refractivity contribution in [2.24, 2.45) is 0 Å². The van der Waals surface area contributed by atoms with Gasteiger partial charge in [-0.2, -0.15) is 0 Å². The number of aliphatic hydroxyl groups is 4. The van der Waals surface area contributed by atoms with Crippen molar-refractivity contribution in [3.05, 3.63) is 41.5 Å². The summed E-state index contributed by atoms with van der Waals surface area (Å²) in [6, 6.07) is 6.73. The summed E-state index contributed by atoms with van der Waals surface area (Å²) >= 11 is 0. The predicted molar refractivity (Wildman–Crippen MR) is 99.3 cm³/mol. The van der Waals surface area contributed by atoms with E-state index in [-0.39, 0.29) is 35.2 Å². The Morgan fingerprint density at radius 1 is 0.933 bits per heavy atom. The number of hydrogen-bond acceptors (Lipinski definition) is 10. The minimum absolute atomic E-state index is 0.0571. The van der Waals surface area contributed by atoms with Crippen LogP contribution in [0.3, 0.4) is 0 Å². The lowest BCUT2D eigenvalue weighted by atomic mass is 9.94. The van der Waals surface area contributed by atoms with E-state index in [2.05, 4.69) is 0 Å². The average molecular weight is 422 g/mol. The molecule has 0 radical (unpaired) electrons. The molecule has 162 valence electrons. The Hall–Kier alpha value is -2.76. The first-order valence-corrected chi connectivity index (χ1v) is 9.30. The van der Waals surface area contributed by atoms with E-state index in [0.717, 1.165) is 0 Å². The van der Waals surface area contributed by atoms with E-state index in [4.69, 9.17) is 14.2 Å². The maximum Gasteiger partial charge on any atom is 0.229 e. The molecule has 0 aromatic heterocycles. The third-order valence-corrected chi connectivity index (χ3v) is 5.25. The third kappa shape index (κ3) is 3.59. The summed E-state index contributed by atoms with van der Waals surface area (Å²) in [7, 11) is 0. The van der Waals surface area contributed by atoms with Crippen LogP contribution in [0.2, 0.25) is 0 Å². The van der Waals surface area contributed by atoms with Crippen LogP contribution in [0.25, 0.3) is 0 Å². The van der Waals surface area contributed by atoms with E-state index in [1.165, 1.54) is 30.3 Å². The second-order valence-corrected chi connectivity index (χ2v) is 7.30. The summed E-state index contributed by atoms with van der Waals surface area (Å²) < 4.78 is 16.6. The number of benzene rings is 2. The molecule has 0 saturated carbocycles. The molecule has 2 heterocycles. The summed E-state index contributed by atoms with van der Waals surface area (Å²) in [5.41, 5.74) is 0.757. The molecule has 1 saturated heterocycles. The Morgan fingerprint density at radius 2 is 1.70 bits per heavy atom. The van der Waals surface area contributed by atoms with Crippen LogP contribution in [0, 0.1) is 0 Å². The van der Waals surface area contributed by atoms with E-state index >= 15 is 0 Å². The van der Waals surface area contributed by atoms with Gasteiger partial charge in [0.15, 0.2) is 11.5 Å². The SMILES string of the molecule is OC[C@@H]1O[C@@H](Oc2cc(O)c3c(c2)O[C@H](c2ccc(O)c(O)c2)[C@@H](O)C3)[C@H](O)[C@H]1O. The number of ether oxygens (including phenoxy) is 3. The fourth-order valence-electron chi connectivity index (χ4n) is 3.62. The van der Waals surface area contributed by atoms with Crippen molar-refractivity contribution >= 4 is 0 Å². The van der Waals surface area contributed by atoms with Gasteiger partial charge >= 0.3 is 0 Å². The third-order valence-electron chi connectivity index (χ3n) is 5.25. The molecule has 30 heavy (non-hydrogen) atoms. The van der Waals surface area contributed by atoms with Crippen LogP contribution < -0.4 is 9.47 Å². The van der Waals surface area contributed by atoms with Crippen LogP contribution in [0.1, 0.15) is 17.2 Å². The van der Waals surface area contributed by atoms with Gasteiger partial charge < -0.3 is 50.0 Å². The Bertz CT molecular complexity index is 932. The molecular formula is C20H22O10. The molecular weight excluding hydrogens is 400 g/mol. The number of aliphatic hydroxyl groups excluding tert-OH is 4. The molecule has 0 amide bonds. The van der Waals surface area contributed by atoms with Crippen molar-refractivity contribution < 1.29 is 50.0 Å². The molecule has 10 heteroatoms. The van der Waals surface area contributed by atoms with Gasteiger partial charge in [0, 0.05) is 24.1 Å². The van der Waals surface area contributed by atoms with Gasteiger partial charge in [-0.15, -0.1) is 0 Å². The summed E-state index contributed by atoms with van der Waals surface area (Å²) in [6.07, 6.45) is -6.86. The van der Waals surface area contributed by atoms with E-state index in [1.54, 1.807) is 0 Å². The van der Waals surface area contributed by atoms with E-state index in [1.807, 2.05) is 0 Å². The van der Waals surface area contributed by atoms with Crippen LogP contribution in [0.5, 0.6) is 28.7 Å². The lowest BCUT2D eigenvalue weighted by Gasteiger charge is -2.32. The topological polar surface area (TPSA) is 169 Å². The molecule has 2 aromatic rings. The second-order valence-electron chi connectivity index (χ2n) is 7.30. The first kappa shape index (κ1) is 20.5. The molecule has 0 unspecified atom stereocenters. The number of rotatable bonds is 4. The van der Waals surface area contributed by atoms with Crippen molar-refractivity contribution in [3.8, 4) is 28.7 Å². The lowest BCUT2D eigenvalue weighted by Crippen LogP contribution is -2.35.